The normalized spacial score (nSPS) is 14.7. The SMILES string of the molecule is CC/C=C\C/C=C\C/C=C\C/C=C\C/C=C\CCCCCCCC(=O)OCC(O)COP(=O)(O)OCC(NC(=O)CCCCCC)C(=O)O. The van der Waals surface area contributed by atoms with Crippen LogP contribution in [0.25, 0.3) is 0 Å². The molecule has 3 unspecified atom stereocenters. The average Bonchev–Trinajstić information content (AvgIpc) is 3.07. The molecule has 0 saturated carbocycles. The van der Waals surface area contributed by atoms with E-state index < -0.39 is 57.6 Å². The quantitative estimate of drug-likeness (QED) is 0.0232. The maximum atomic E-state index is 12.1. The number of phosphoric ester groups is 1. The number of hydrogen-bond acceptors (Lipinski definition) is 8. The van der Waals surface area contributed by atoms with Crippen molar-refractivity contribution in [2.45, 2.75) is 135 Å². The molecular formula is C37H62NO10P. The van der Waals surface area contributed by atoms with Crippen LogP contribution in [-0.4, -0.2) is 64.9 Å². The Balaban J connectivity index is 3.90. The van der Waals surface area contributed by atoms with Gasteiger partial charge < -0.3 is 25.2 Å². The van der Waals surface area contributed by atoms with Crippen molar-refractivity contribution in [3.63, 3.8) is 0 Å². The molecule has 49 heavy (non-hydrogen) atoms. The Morgan fingerprint density at radius 2 is 1.18 bits per heavy atom. The molecule has 0 aromatic heterocycles. The maximum Gasteiger partial charge on any atom is 0.472 e. The highest BCUT2D eigenvalue weighted by molar-refractivity contribution is 7.47. The Hall–Kier alpha value is -2.82. The van der Waals surface area contributed by atoms with Crippen LogP contribution in [0.4, 0.5) is 0 Å². The van der Waals surface area contributed by atoms with Gasteiger partial charge in [-0.1, -0.05) is 113 Å². The molecule has 3 atom stereocenters. The van der Waals surface area contributed by atoms with Crippen molar-refractivity contribution in [1.82, 2.24) is 5.32 Å². The zero-order valence-corrected chi connectivity index (χ0v) is 30.6. The van der Waals surface area contributed by atoms with Gasteiger partial charge in [0.1, 0.15) is 12.7 Å². The third kappa shape index (κ3) is 32.2. The lowest BCUT2D eigenvalue weighted by atomic mass is 10.1. The predicted octanol–water partition coefficient (Wildman–Crippen LogP) is 8.05. The predicted molar refractivity (Wildman–Crippen MR) is 194 cm³/mol. The molecule has 0 radical (unpaired) electrons. The van der Waals surface area contributed by atoms with Crippen LogP contribution in [0.5, 0.6) is 0 Å². The number of aliphatic hydroxyl groups excluding tert-OH is 1. The Kier molecular flexibility index (Phi) is 30.5. The number of aliphatic hydroxyl groups is 1. The van der Waals surface area contributed by atoms with E-state index in [4.69, 9.17) is 4.74 Å². The molecule has 0 aromatic carbocycles. The summed E-state index contributed by atoms with van der Waals surface area (Å²) in [4.78, 5) is 45.1. The topological polar surface area (TPSA) is 169 Å². The largest absolute Gasteiger partial charge is 0.480 e. The molecule has 4 N–H and O–H groups in total. The third-order valence-electron chi connectivity index (χ3n) is 7.07. The molecule has 0 bridgehead atoms. The van der Waals surface area contributed by atoms with E-state index in [1.54, 1.807) is 0 Å². The van der Waals surface area contributed by atoms with Gasteiger partial charge in [0.25, 0.3) is 0 Å². The van der Waals surface area contributed by atoms with Crippen LogP contribution in [-0.2, 0) is 32.7 Å². The molecule has 0 aliphatic carbocycles. The zero-order valence-electron chi connectivity index (χ0n) is 29.7. The second kappa shape index (κ2) is 32.4. The molecule has 280 valence electrons. The van der Waals surface area contributed by atoms with Gasteiger partial charge in [0.15, 0.2) is 6.04 Å². The molecule has 0 aliphatic rings. The molecule has 0 fully saturated rings. The van der Waals surface area contributed by atoms with Gasteiger partial charge in [-0.3, -0.25) is 18.6 Å². The number of allylic oxidation sites excluding steroid dienone is 10. The highest BCUT2D eigenvalue weighted by atomic mass is 31.2. The second-order valence-electron chi connectivity index (χ2n) is 11.7. The van der Waals surface area contributed by atoms with Gasteiger partial charge in [0.05, 0.1) is 13.2 Å². The van der Waals surface area contributed by atoms with Crippen molar-refractivity contribution in [3.8, 4) is 0 Å². The third-order valence-corrected chi connectivity index (χ3v) is 8.02. The lowest BCUT2D eigenvalue weighted by Gasteiger charge is -2.18. The average molecular weight is 712 g/mol. The number of carbonyl (C=O) groups excluding carboxylic acids is 2. The van der Waals surface area contributed by atoms with Gasteiger partial charge in [-0.05, 0) is 57.8 Å². The number of ether oxygens (including phenoxy) is 1. The van der Waals surface area contributed by atoms with Crippen molar-refractivity contribution < 1.29 is 47.8 Å². The number of carboxylic acid groups (broad SMARTS) is 1. The number of amides is 1. The monoisotopic (exact) mass is 711 g/mol. The number of carboxylic acids is 1. The van der Waals surface area contributed by atoms with Gasteiger partial charge in [-0.25, -0.2) is 9.36 Å². The van der Waals surface area contributed by atoms with E-state index in [2.05, 4.69) is 82.0 Å². The van der Waals surface area contributed by atoms with Crippen molar-refractivity contribution in [2.75, 3.05) is 19.8 Å². The summed E-state index contributed by atoms with van der Waals surface area (Å²) in [6, 6.07) is -1.54. The Labute approximate surface area is 294 Å². The van der Waals surface area contributed by atoms with E-state index in [-0.39, 0.29) is 12.8 Å². The van der Waals surface area contributed by atoms with E-state index in [1.807, 2.05) is 6.92 Å². The first-order chi connectivity index (χ1) is 23.6. The standard InChI is InChI=1S/C37H62NO10P/c1-3-5-7-9-10-11-12-13-14-15-16-17-18-19-20-21-22-23-24-25-27-29-36(41)46-30-33(39)31-47-49(44,45)48-32-34(37(42)43)38-35(40)28-26-8-6-4-2/h5,7,10-11,13-14,16-17,19-20,33-34,39H,3-4,6,8-9,12,15,18,21-32H2,1-2H3,(H,38,40)(H,42,43)(H,44,45)/b7-5-,11-10-,14-13-,17-16-,20-19-. The molecule has 0 rings (SSSR count). The van der Waals surface area contributed by atoms with Crippen LogP contribution < -0.4 is 5.32 Å². The molecule has 0 saturated heterocycles. The van der Waals surface area contributed by atoms with Gasteiger partial charge in [0.2, 0.25) is 5.91 Å². The minimum Gasteiger partial charge on any atom is -0.480 e. The Morgan fingerprint density at radius 3 is 1.78 bits per heavy atom. The highest BCUT2D eigenvalue weighted by Gasteiger charge is 2.28. The molecule has 0 aromatic rings. The molecule has 0 spiro atoms. The van der Waals surface area contributed by atoms with Crippen molar-refractivity contribution in [1.29, 1.82) is 0 Å². The summed E-state index contributed by atoms with van der Waals surface area (Å²) in [6.45, 7) is 2.24. The number of aliphatic carboxylic acids is 1. The van der Waals surface area contributed by atoms with Gasteiger partial charge >= 0.3 is 19.8 Å². The summed E-state index contributed by atoms with van der Waals surface area (Å²) in [5.41, 5.74) is 0. The molecule has 11 nitrogen and oxygen atoms in total. The first-order valence-corrected chi connectivity index (χ1v) is 19.3. The smallest absolute Gasteiger partial charge is 0.472 e. The minimum absolute atomic E-state index is 0.133. The maximum absolute atomic E-state index is 12.1. The van der Waals surface area contributed by atoms with Crippen LogP contribution in [0.1, 0.15) is 123 Å². The number of rotatable bonds is 32. The van der Waals surface area contributed by atoms with Crippen LogP contribution in [0, 0.1) is 0 Å². The van der Waals surface area contributed by atoms with Crippen molar-refractivity contribution in [2.24, 2.45) is 0 Å². The second-order valence-corrected chi connectivity index (χ2v) is 13.1. The van der Waals surface area contributed by atoms with Crippen LogP contribution in [0.2, 0.25) is 0 Å². The van der Waals surface area contributed by atoms with Crippen LogP contribution in [0.15, 0.2) is 60.8 Å². The molecular weight excluding hydrogens is 649 g/mol. The van der Waals surface area contributed by atoms with Crippen LogP contribution >= 0.6 is 7.82 Å². The molecule has 1 amide bonds. The van der Waals surface area contributed by atoms with Gasteiger partial charge in [-0.15, -0.1) is 0 Å². The number of unbranched alkanes of at least 4 members (excludes halogenated alkanes) is 8. The number of carbonyl (C=O) groups is 3. The summed E-state index contributed by atoms with van der Waals surface area (Å²) >= 11 is 0. The summed E-state index contributed by atoms with van der Waals surface area (Å²) < 4.78 is 26.5. The summed E-state index contributed by atoms with van der Waals surface area (Å²) in [5.74, 6) is -2.43. The number of hydrogen-bond donors (Lipinski definition) is 4. The lowest BCUT2D eigenvalue weighted by Crippen LogP contribution is -2.43. The number of esters is 1. The fourth-order valence-corrected chi connectivity index (χ4v) is 5.05. The molecule has 0 aliphatic heterocycles. The zero-order chi connectivity index (χ0) is 36.4. The Bertz CT molecular complexity index is 1070. The van der Waals surface area contributed by atoms with E-state index in [1.165, 1.54) is 0 Å². The highest BCUT2D eigenvalue weighted by Crippen LogP contribution is 2.43. The van der Waals surface area contributed by atoms with Crippen molar-refractivity contribution >= 4 is 25.7 Å². The minimum atomic E-state index is -4.74. The van der Waals surface area contributed by atoms with E-state index in [9.17, 15) is 34.1 Å². The summed E-state index contributed by atoms with van der Waals surface area (Å²) in [5, 5.41) is 21.5. The number of nitrogens with one attached hydrogen (secondary N) is 1. The van der Waals surface area contributed by atoms with E-state index >= 15 is 0 Å². The van der Waals surface area contributed by atoms with Crippen LogP contribution in [0.3, 0.4) is 0 Å². The van der Waals surface area contributed by atoms with Gasteiger partial charge in [0, 0.05) is 12.8 Å². The van der Waals surface area contributed by atoms with Crippen molar-refractivity contribution in [3.05, 3.63) is 60.8 Å². The van der Waals surface area contributed by atoms with Gasteiger partial charge in [-0.2, -0.15) is 0 Å². The van der Waals surface area contributed by atoms with E-state index in [0.29, 0.717) is 12.8 Å². The molecule has 12 heteroatoms. The fourth-order valence-electron chi connectivity index (χ4n) is 4.28. The first kappa shape index (κ1) is 46.2. The number of phosphoric acid groups is 1. The fraction of sp³-hybridized carbons (Fsp3) is 0.649. The Morgan fingerprint density at radius 1 is 0.673 bits per heavy atom. The summed E-state index contributed by atoms with van der Waals surface area (Å²) in [6.07, 6.45) is 34.9. The van der Waals surface area contributed by atoms with E-state index in [0.717, 1.165) is 83.5 Å². The molecule has 0 heterocycles. The first-order valence-electron chi connectivity index (χ1n) is 17.8. The lowest BCUT2D eigenvalue weighted by molar-refractivity contribution is -0.147. The summed E-state index contributed by atoms with van der Waals surface area (Å²) in [7, 11) is -4.74.